The van der Waals surface area contributed by atoms with Crippen molar-refractivity contribution in [3.8, 4) is 0 Å². The smallest absolute Gasteiger partial charge is 0.338 e. The molecule has 7 nitrogen and oxygen atoms in total. The summed E-state index contributed by atoms with van der Waals surface area (Å²) in [5.74, 6) is -1.46. The lowest BCUT2D eigenvalue weighted by Gasteiger charge is -2.20. The molecule has 0 aliphatic carbocycles. The highest BCUT2D eigenvalue weighted by atomic mass is 35.5. The maximum atomic E-state index is 11.6. The Morgan fingerprint density at radius 2 is 2.00 bits per heavy atom. The quantitative estimate of drug-likeness (QED) is 0.651. The van der Waals surface area contributed by atoms with Gasteiger partial charge in [0.05, 0.1) is 5.56 Å². The number of aromatic nitrogens is 1. The van der Waals surface area contributed by atoms with E-state index in [1.165, 1.54) is 18.3 Å². The Kier molecular flexibility index (Phi) is 5.66. The highest BCUT2D eigenvalue weighted by molar-refractivity contribution is 6.29. The zero-order chi connectivity index (χ0) is 16.0. The zero-order valence-electron chi connectivity index (χ0n) is 11.9. The molecule has 0 aliphatic rings. The predicted molar refractivity (Wildman–Crippen MR) is 76.0 cm³/mol. The second-order valence-electron chi connectivity index (χ2n) is 5.20. The summed E-state index contributed by atoms with van der Waals surface area (Å²) in [5, 5.41) is 4.73. The number of nitrogens with zero attached hydrogens (tertiary/aromatic N) is 1. The van der Waals surface area contributed by atoms with Crippen LogP contribution in [0.25, 0.3) is 0 Å². The molecule has 2 N–H and O–H groups in total. The number of urea groups is 1. The first kappa shape index (κ1) is 16.9. The maximum Gasteiger partial charge on any atom is 0.338 e. The minimum Gasteiger partial charge on any atom is -0.452 e. The van der Waals surface area contributed by atoms with E-state index < -0.39 is 30.1 Å². The standard InChI is InChI=1S/C13H16ClN3O4/c1-13(2,3)17-12(20)16-10(18)7-21-11(19)8-4-5-15-9(14)6-8/h4-6H,7H2,1-3H3,(H2,16,17,18,20). The van der Waals surface area contributed by atoms with E-state index in [1.54, 1.807) is 20.8 Å². The van der Waals surface area contributed by atoms with Crippen LogP contribution in [0, 0.1) is 0 Å². The van der Waals surface area contributed by atoms with E-state index in [-0.39, 0.29) is 10.7 Å². The molecule has 0 saturated carbocycles. The van der Waals surface area contributed by atoms with Gasteiger partial charge in [-0.3, -0.25) is 10.1 Å². The van der Waals surface area contributed by atoms with Crippen molar-refractivity contribution in [1.29, 1.82) is 0 Å². The fourth-order valence-electron chi connectivity index (χ4n) is 1.28. The maximum absolute atomic E-state index is 11.6. The monoisotopic (exact) mass is 313 g/mol. The third-order valence-electron chi connectivity index (χ3n) is 2.04. The van der Waals surface area contributed by atoms with E-state index in [0.29, 0.717) is 0 Å². The molecule has 0 saturated heterocycles. The lowest BCUT2D eigenvalue weighted by molar-refractivity contribution is -0.123. The molecule has 1 heterocycles. The molecule has 0 spiro atoms. The first-order chi connectivity index (χ1) is 9.67. The summed E-state index contributed by atoms with van der Waals surface area (Å²) >= 11 is 5.63. The van der Waals surface area contributed by atoms with Gasteiger partial charge >= 0.3 is 12.0 Å². The van der Waals surface area contributed by atoms with E-state index in [9.17, 15) is 14.4 Å². The van der Waals surface area contributed by atoms with Gasteiger partial charge in [0.25, 0.3) is 5.91 Å². The average Bonchev–Trinajstić information content (AvgIpc) is 2.33. The van der Waals surface area contributed by atoms with Gasteiger partial charge in [0.15, 0.2) is 6.61 Å². The van der Waals surface area contributed by atoms with Crippen LogP contribution in [0.2, 0.25) is 5.15 Å². The van der Waals surface area contributed by atoms with Gasteiger partial charge in [0.1, 0.15) is 5.15 Å². The van der Waals surface area contributed by atoms with Crippen LogP contribution in [0.5, 0.6) is 0 Å². The van der Waals surface area contributed by atoms with Gasteiger partial charge in [0.2, 0.25) is 0 Å². The number of amides is 3. The number of hydrogen-bond acceptors (Lipinski definition) is 5. The Hall–Kier alpha value is -2.15. The minimum absolute atomic E-state index is 0.137. The summed E-state index contributed by atoms with van der Waals surface area (Å²) in [5.41, 5.74) is -0.309. The number of rotatable bonds is 3. The number of carbonyl (C=O) groups excluding carboxylic acids is 3. The van der Waals surface area contributed by atoms with E-state index in [1.807, 2.05) is 0 Å². The Balaban J connectivity index is 2.43. The summed E-state index contributed by atoms with van der Waals surface area (Å²) in [6.45, 7) is 4.73. The van der Waals surface area contributed by atoms with Gasteiger partial charge in [-0.25, -0.2) is 14.6 Å². The fraction of sp³-hybridized carbons (Fsp3) is 0.385. The van der Waals surface area contributed by atoms with Crippen molar-refractivity contribution in [2.45, 2.75) is 26.3 Å². The number of carbonyl (C=O) groups is 3. The number of esters is 1. The van der Waals surface area contributed by atoms with Gasteiger partial charge in [-0.15, -0.1) is 0 Å². The first-order valence-corrected chi connectivity index (χ1v) is 6.46. The molecule has 1 aromatic rings. The molecule has 1 aromatic heterocycles. The number of ether oxygens (including phenoxy) is 1. The van der Waals surface area contributed by atoms with Crippen LogP contribution in [-0.2, 0) is 9.53 Å². The molecule has 0 aliphatic heterocycles. The van der Waals surface area contributed by atoms with Crippen molar-refractivity contribution in [1.82, 2.24) is 15.6 Å². The molecule has 0 unspecified atom stereocenters. The molecule has 0 aromatic carbocycles. The van der Waals surface area contributed by atoms with E-state index >= 15 is 0 Å². The minimum atomic E-state index is -0.731. The molecule has 0 radical (unpaired) electrons. The largest absolute Gasteiger partial charge is 0.452 e. The fourth-order valence-corrected chi connectivity index (χ4v) is 1.45. The van der Waals surface area contributed by atoms with Crippen LogP contribution in [0.1, 0.15) is 31.1 Å². The lowest BCUT2D eigenvalue weighted by atomic mass is 10.1. The summed E-state index contributed by atoms with van der Waals surface area (Å²) in [4.78, 5) is 38.2. The van der Waals surface area contributed by atoms with Crippen molar-refractivity contribution in [3.05, 3.63) is 29.0 Å². The normalized spacial score (nSPS) is 10.7. The van der Waals surface area contributed by atoms with Gasteiger partial charge < -0.3 is 10.1 Å². The van der Waals surface area contributed by atoms with Crippen LogP contribution < -0.4 is 10.6 Å². The first-order valence-electron chi connectivity index (χ1n) is 6.08. The van der Waals surface area contributed by atoms with Gasteiger partial charge in [-0.2, -0.15) is 0 Å². The Bertz CT molecular complexity index is 555. The van der Waals surface area contributed by atoms with Gasteiger partial charge in [-0.05, 0) is 32.9 Å². The summed E-state index contributed by atoms with van der Waals surface area (Å²) in [7, 11) is 0. The van der Waals surface area contributed by atoms with Crippen LogP contribution >= 0.6 is 11.6 Å². The van der Waals surface area contributed by atoms with E-state index in [2.05, 4.69) is 15.6 Å². The molecule has 0 fully saturated rings. The number of halogens is 1. The molecular weight excluding hydrogens is 298 g/mol. The van der Waals surface area contributed by atoms with Crippen molar-refractivity contribution in [2.24, 2.45) is 0 Å². The Morgan fingerprint density at radius 1 is 1.33 bits per heavy atom. The van der Waals surface area contributed by atoms with Crippen LogP contribution in [0.15, 0.2) is 18.3 Å². The Morgan fingerprint density at radius 3 is 2.57 bits per heavy atom. The SMILES string of the molecule is CC(C)(C)NC(=O)NC(=O)COC(=O)c1ccnc(Cl)c1. The highest BCUT2D eigenvalue weighted by Crippen LogP contribution is 2.08. The van der Waals surface area contributed by atoms with Crippen LogP contribution in [0.3, 0.4) is 0 Å². The highest BCUT2D eigenvalue weighted by Gasteiger charge is 2.17. The third-order valence-corrected chi connectivity index (χ3v) is 2.24. The lowest BCUT2D eigenvalue weighted by Crippen LogP contribution is -2.49. The zero-order valence-corrected chi connectivity index (χ0v) is 12.7. The molecule has 1 rings (SSSR count). The number of hydrogen-bond donors (Lipinski definition) is 2. The molecule has 3 amide bonds. The van der Waals surface area contributed by atoms with Crippen molar-refractivity contribution < 1.29 is 19.1 Å². The molecule has 8 heteroatoms. The van der Waals surface area contributed by atoms with Crippen molar-refractivity contribution in [2.75, 3.05) is 6.61 Å². The van der Waals surface area contributed by atoms with Gasteiger partial charge in [0, 0.05) is 11.7 Å². The van der Waals surface area contributed by atoms with Crippen molar-refractivity contribution in [3.63, 3.8) is 0 Å². The average molecular weight is 314 g/mol. The molecular formula is C13H16ClN3O4. The van der Waals surface area contributed by atoms with Crippen LogP contribution in [-0.4, -0.2) is 35.0 Å². The second-order valence-corrected chi connectivity index (χ2v) is 5.58. The number of pyridine rings is 1. The number of nitrogens with one attached hydrogen (secondary N) is 2. The van der Waals surface area contributed by atoms with E-state index in [4.69, 9.17) is 16.3 Å². The molecule has 0 bridgehead atoms. The topological polar surface area (TPSA) is 97.4 Å². The summed E-state index contributed by atoms with van der Waals surface area (Å²) in [6.07, 6.45) is 1.34. The molecule has 21 heavy (non-hydrogen) atoms. The predicted octanol–water partition coefficient (Wildman–Crippen LogP) is 1.52. The molecule has 0 atom stereocenters. The second kappa shape index (κ2) is 7.03. The van der Waals surface area contributed by atoms with Crippen molar-refractivity contribution >= 4 is 29.5 Å². The van der Waals surface area contributed by atoms with Gasteiger partial charge in [-0.1, -0.05) is 11.6 Å². The van der Waals surface area contributed by atoms with E-state index in [0.717, 1.165) is 0 Å². The molecule has 114 valence electrons. The number of imide groups is 1. The summed E-state index contributed by atoms with van der Waals surface area (Å²) < 4.78 is 4.76. The third kappa shape index (κ3) is 6.71. The Labute approximate surface area is 127 Å². The summed E-state index contributed by atoms with van der Waals surface area (Å²) in [6, 6.07) is 2.06. The van der Waals surface area contributed by atoms with Crippen LogP contribution in [0.4, 0.5) is 4.79 Å².